The average Bonchev–Trinajstić information content (AvgIpc) is 1.54. The number of carbonyl (C=O) groups excluding carboxylic acids is 4. The zero-order valence-electron chi connectivity index (χ0n) is 54.9. The molecule has 0 saturated heterocycles. The van der Waals surface area contributed by atoms with Crippen LogP contribution in [0, 0.1) is 0 Å². The van der Waals surface area contributed by atoms with Crippen LogP contribution in [0.3, 0.4) is 0 Å². The lowest BCUT2D eigenvalue weighted by Gasteiger charge is -2.20. The van der Waals surface area contributed by atoms with Gasteiger partial charge in [-0.2, -0.15) is 0 Å². The third kappa shape index (κ3) is 11.5. The molecule has 12 nitrogen and oxygen atoms in total. The van der Waals surface area contributed by atoms with Crippen molar-refractivity contribution in [1.29, 1.82) is 0 Å². The summed E-state index contributed by atoms with van der Waals surface area (Å²) in [7, 11) is 5.49. The fraction of sp³-hybridized carbons (Fsp3) is 0.0714. The normalized spacial score (nSPS) is 12.1. The Bertz CT molecular complexity index is 6010. The molecule has 508 valence electrons. The second-order valence-corrected chi connectivity index (χ2v) is 32.4. The van der Waals surface area contributed by atoms with Crippen molar-refractivity contribution in [3.8, 4) is 89.5 Å². The molecule has 2 aliphatic heterocycles. The predicted octanol–water partition coefficient (Wildman–Crippen LogP) is 25.0. The number of rotatable bonds is 8. The summed E-state index contributed by atoms with van der Waals surface area (Å²) < 4.78 is 28.2. The van der Waals surface area contributed by atoms with Crippen molar-refractivity contribution in [2.45, 2.75) is 12.8 Å². The van der Waals surface area contributed by atoms with E-state index in [1.807, 2.05) is 48.5 Å². The molecule has 0 saturated carbocycles. The Balaban J connectivity index is 1.20. The van der Waals surface area contributed by atoms with Gasteiger partial charge >= 0.3 is 23.9 Å². The molecule has 17 rings (SSSR count). The van der Waals surface area contributed by atoms with Crippen LogP contribution in [-0.4, -0.2) is 72.3 Å². The summed E-state index contributed by atoms with van der Waals surface area (Å²) >= 11 is 31.0. The quantitative estimate of drug-likeness (QED) is 0.111. The molecule has 2 N–H and O–H groups in total. The summed E-state index contributed by atoms with van der Waals surface area (Å²) in [5, 5.41) is 7.20. The van der Waals surface area contributed by atoms with Gasteiger partial charge in [0, 0.05) is 104 Å². The molecule has 2 aromatic heterocycles. The number of H-pyrrole nitrogens is 2. The van der Waals surface area contributed by atoms with E-state index in [2.05, 4.69) is 222 Å². The molecule has 2 aliphatic carbocycles. The molecule has 8 bridgehead atoms. The van der Waals surface area contributed by atoms with Crippen molar-refractivity contribution in [3.05, 3.63) is 262 Å². The number of methoxy groups -OCH3 is 4. The van der Waals surface area contributed by atoms with Crippen molar-refractivity contribution >= 4 is 216 Å². The van der Waals surface area contributed by atoms with Gasteiger partial charge in [-0.1, -0.05) is 48.5 Å². The van der Waals surface area contributed by atoms with Gasteiger partial charge in [-0.25, -0.2) is 29.1 Å². The van der Waals surface area contributed by atoms with Gasteiger partial charge in [0.25, 0.3) is 0 Å². The Morgan fingerprint density at radius 1 is 0.298 bits per heavy atom. The third-order valence-corrected chi connectivity index (χ3v) is 27.2. The van der Waals surface area contributed by atoms with Gasteiger partial charge < -0.3 is 28.9 Å². The number of aromatic nitrogens is 4. The number of carbonyl (C=O) groups is 4. The Morgan fingerprint density at radius 3 is 0.769 bits per heavy atom. The lowest BCUT2D eigenvalue weighted by atomic mass is 9.84. The van der Waals surface area contributed by atoms with Crippen LogP contribution in [0.25, 0.3) is 155 Å². The summed E-state index contributed by atoms with van der Waals surface area (Å²) in [6.07, 6.45) is 0.927. The van der Waals surface area contributed by atoms with Gasteiger partial charge in [0.1, 0.15) is 0 Å². The van der Waals surface area contributed by atoms with Crippen molar-refractivity contribution in [2.75, 3.05) is 28.4 Å². The van der Waals surface area contributed by atoms with Gasteiger partial charge in [0.05, 0.1) is 95.5 Å². The van der Waals surface area contributed by atoms with E-state index in [-0.39, 0.29) is 0 Å². The van der Waals surface area contributed by atoms with E-state index < -0.39 is 23.9 Å². The van der Waals surface area contributed by atoms with E-state index in [1.54, 1.807) is 48.5 Å². The predicted molar refractivity (Wildman–Crippen MR) is 441 cm³/mol. The van der Waals surface area contributed by atoms with Gasteiger partial charge in [-0.15, -0.1) is 0 Å². The van der Waals surface area contributed by atoms with Crippen LogP contribution in [-0.2, 0) is 31.8 Å². The summed E-state index contributed by atoms with van der Waals surface area (Å²) in [6.45, 7) is 0. The fourth-order valence-electron chi connectivity index (χ4n) is 14.9. The number of hydrogen-bond donors (Lipinski definition) is 2. The molecule has 4 heterocycles. The molecular weight excluding hydrogens is 1830 g/mol. The number of fused-ring (bicyclic) bond motifs is 4. The summed E-state index contributed by atoms with van der Waals surface area (Å²) in [5.41, 5.74) is 19.9. The minimum Gasteiger partial charge on any atom is -0.465 e. The van der Waals surface area contributed by atoms with Gasteiger partial charge in [0.2, 0.25) is 0 Å². The Hall–Kier alpha value is -8.70. The van der Waals surface area contributed by atoms with Gasteiger partial charge in [0.15, 0.2) is 0 Å². The number of benzene rings is 11. The number of esters is 4. The van der Waals surface area contributed by atoms with Crippen LogP contribution in [0.5, 0.6) is 0 Å². The number of aromatic amines is 2. The van der Waals surface area contributed by atoms with Crippen LogP contribution in [0.1, 0.15) is 63.7 Å². The monoisotopic (exact) mass is 1870 g/mol. The van der Waals surface area contributed by atoms with Crippen molar-refractivity contribution in [2.24, 2.45) is 0 Å². The maximum absolute atomic E-state index is 13.6. The first-order valence-electron chi connectivity index (χ1n) is 32.5. The van der Waals surface area contributed by atoms with E-state index in [0.717, 1.165) is 157 Å². The number of ether oxygens (including phenoxy) is 4. The Kier molecular flexibility index (Phi) is 17.6. The number of nitrogens with zero attached hydrogens (tertiary/aromatic N) is 2. The first-order chi connectivity index (χ1) is 50.3. The van der Waals surface area contributed by atoms with Gasteiger partial charge in [-0.05, 0) is 338 Å². The number of hydrogen-bond acceptors (Lipinski definition) is 10. The maximum atomic E-state index is 13.6. The van der Waals surface area contributed by atoms with Gasteiger partial charge in [-0.3, -0.25) is 0 Å². The first-order valence-corrected chi connectivity index (χ1v) is 38.8. The van der Waals surface area contributed by atoms with Crippen molar-refractivity contribution in [3.63, 3.8) is 0 Å². The first kappa shape index (κ1) is 68.4. The van der Waals surface area contributed by atoms with Crippen LogP contribution in [0.15, 0.2) is 218 Å². The van der Waals surface area contributed by atoms with Crippen molar-refractivity contribution in [1.82, 2.24) is 19.9 Å². The topological polar surface area (TPSA) is 163 Å². The highest BCUT2D eigenvalue weighted by Crippen LogP contribution is 2.55. The molecule has 0 amide bonds. The Morgan fingerprint density at radius 2 is 0.519 bits per heavy atom. The lowest BCUT2D eigenvalue weighted by molar-refractivity contribution is 0.0592. The molecule has 13 aromatic rings. The summed E-state index contributed by atoms with van der Waals surface area (Å²) in [6, 6.07) is 60.1. The van der Waals surface area contributed by atoms with Crippen molar-refractivity contribution < 1.29 is 38.1 Å². The largest absolute Gasteiger partial charge is 0.465 e. The fourth-order valence-corrected chi connectivity index (χ4v) is 17.8. The molecule has 4 aliphatic rings. The molecular formula is C84H48Br8N4O8. The highest BCUT2D eigenvalue weighted by molar-refractivity contribution is 9.14. The van der Waals surface area contributed by atoms with E-state index in [1.165, 1.54) is 28.4 Å². The van der Waals surface area contributed by atoms with E-state index >= 15 is 0 Å². The minimum atomic E-state index is -0.496. The van der Waals surface area contributed by atoms with Crippen LogP contribution >= 0.6 is 127 Å². The average molecular weight is 1880 g/mol. The SMILES string of the molecule is COC(=O)c1ccc(-c2c3nc(c(-c4ccc(C(=O)OC)cc4)c4[nH]c(c(-c5ccc(C(=O)OC)cc5)c5nc(c(-c6ccc(C(=O)OC)cc6)c6[nH]c2c2c6Cc6cc(Br)c(Br)cc6C2)-c2cc6cc(Br)c(Br)cc6cc2-5)c2cc5cc(Br)c(Br)cc5cc42)-c2cc4cc(Br)c(Br)cc4cc2-3)cc1. The third-order valence-electron chi connectivity index (χ3n) is 19.8. The molecule has 0 unspecified atom stereocenters. The Labute approximate surface area is 661 Å². The van der Waals surface area contributed by atoms with Crippen LogP contribution in [0.2, 0.25) is 0 Å². The summed E-state index contributed by atoms with van der Waals surface area (Å²) in [5.74, 6) is -1.97. The van der Waals surface area contributed by atoms with E-state index in [4.69, 9.17) is 28.9 Å². The molecule has 0 atom stereocenters. The van der Waals surface area contributed by atoms with Crippen LogP contribution in [0.4, 0.5) is 0 Å². The van der Waals surface area contributed by atoms with Crippen LogP contribution < -0.4 is 0 Å². The van der Waals surface area contributed by atoms with E-state index in [0.29, 0.717) is 91.2 Å². The smallest absolute Gasteiger partial charge is 0.337 e. The molecule has 20 heteroatoms. The standard InChI is InChI=1S/C84H48Br8N4O8/c1-101-81(97)41-13-5-37(6-14-41)69-73-53-21-45-29-61(85)63(87)31-47(45)23-55(53)75(93-73)70(38-7-15-42(16-8-38)82(98)102-2)77-57-25-49-33-65(89)67(91)35-51(49)27-59(57)79(95-77)72(40-11-19-44(20-12-40)84(100)104-4)80-60-28-52-36-68(92)66(90)34-50(52)26-58(60)78(96-80)71(39-9-17-43(18-10-39)83(99)103-3)76-56-24-48-32-64(88)62(86)30-46(48)22-54(56)74(69)94-76/h5-25,27,29-36,93,96H,26,28H2,1-4H3. The minimum absolute atomic E-state index is 0.351. The molecule has 0 radical (unpaired) electrons. The lowest BCUT2D eigenvalue weighted by Crippen LogP contribution is -2.06. The molecule has 11 aromatic carbocycles. The maximum Gasteiger partial charge on any atom is 0.337 e. The molecule has 104 heavy (non-hydrogen) atoms. The summed E-state index contributed by atoms with van der Waals surface area (Å²) in [4.78, 5) is 75.1. The second-order valence-electron chi connectivity index (χ2n) is 25.5. The molecule has 0 fully saturated rings. The van der Waals surface area contributed by atoms with E-state index in [9.17, 15) is 19.2 Å². The highest BCUT2D eigenvalue weighted by atomic mass is 79.9. The molecule has 0 spiro atoms. The zero-order chi connectivity index (χ0) is 72.0. The second kappa shape index (κ2) is 26.7. The number of halogens is 8. The highest BCUT2D eigenvalue weighted by Gasteiger charge is 2.34. The number of nitrogens with one attached hydrogen (secondary N) is 2. The zero-order valence-corrected chi connectivity index (χ0v) is 67.6.